The van der Waals surface area contributed by atoms with Gasteiger partial charge in [-0.05, 0) is 19.1 Å². The van der Waals surface area contributed by atoms with Crippen LogP contribution in [0.25, 0.3) is 0 Å². The van der Waals surface area contributed by atoms with Crippen LogP contribution in [0.3, 0.4) is 0 Å². The van der Waals surface area contributed by atoms with Gasteiger partial charge >= 0.3 is 0 Å². The molecule has 0 heterocycles. The van der Waals surface area contributed by atoms with Gasteiger partial charge in [-0.2, -0.15) is 0 Å². The van der Waals surface area contributed by atoms with Gasteiger partial charge < -0.3 is 17.0 Å². The van der Waals surface area contributed by atoms with Crippen molar-refractivity contribution >= 4 is 5.69 Å². The fourth-order valence-corrected chi connectivity index (χ4v) is 2.08. The van der Waals surface area contributed by atoms with Crippen LogP contribution in [-0.4, -0.2) is 14.1 Å². The number of aryl methyl sites for hydroxylation is 1. The summed E-state index contributed by atoms with van der Waals surface area (Å²) in [6, 6.07) is 19.4. The highest BCUT2D eigenvalue weighted by Gasteiger charge is 2.18. The van der Waals surface area contributed by atoms with Crippen LogP contribution in [0.5, 0.6) is 0 Å². The van der Waals surface area contributed by atoms with E-state index < -0.39 is 0 Å². The zero-order chi connectivity index (χ0) is 12.3. The minimum atomic E-state index is 0. The summed E-state index contributed by atoms with van der Waals surface area (Å²) in [6.07, 6.45) is 0. The molecule has 0 bridgehead atoms. The summed E-state index contributed by atoms with van der Waals surface area (Å²) in [4.78, 5) is 0. The lowest BCUT2D eigenvalue weighted by molar-refractivity contribution is -0.00000380. The topological polar surface area (TPSA) is 0 Å². The summed E-state index contributed by atoms with van der Waals surface area (Å²) in [7, 11) is 4.50. The van der Waals surface area contributed by atoms with Crippen molar-refractivity contribution < 1.29 is 17.0 Å². The van der Waals surface area contributed by atoms with E-state index in [-0.39, 0.29) is 17.0 Å². The zero-order valence-corrected chi connectivity index (χ0v) is 12.8. The lowest BCUT2D eigenvalue weighted by Crippen LogP contribution is -3.00. The molecule has 0 radical (unpaired) electrons. The van der Waals surface area contributed by atoms with Crippen LogP contribution < -0.4 is 21.5 Å². The summed E-state index contributed by atoms with van der Waals surface area (Å²) in [5.41, 5.74) is 4.03. The predicted molar refractivity (Wildman–Crippen MR) is 75.0 cm³/mol. The molecule has 1 nitrogen and oxygen atoms in total. The van der Waals surface area contributed by atoms with Crippen LogP contribution in [0.1, 0.15) is 11.1 Å². The average Bonchev–Trinajstić information content (AvgIpc) is 2.30. The summed E-state index contributed by atoms with van der Waals surface area (Å²) in [5.74, 6) is 0. The molecule has 0 aliphatic heterocycles. The molecule has 0 saturated heterocycles. The highest BCUT2D eigenvalue weighted by Crippen LogP contribution is 2.22. The first-order valence-electron chi connectivity index (χ1n) is 6.02. The van der Waals surface area contributed by atoms with Gasteiger partial charge in [-0.3, -0.25) is 4.48 Å². The van der Waals surface area contributed by atoms with E-state index in [0.717, 1.165) is 11.0 Å². The van der Waals surface area contributed by atoms with Gasteiger partial charge in [-0.1, -0.05) is 48.0 Å². The molecule has 18 heavy (non-hydrogen) atoms. The Balaban J connectivity index is 0.00000162. The minimum Gasteiger partial charge on any atom is -1.00 e. The monoisotopic (exact) mass is 305 g/mol. The molecule has 0 atom stereocenters. The third-order valence-corrected chi connectivity index (χ3v) is 3.15. The van der Waals surface area contributed by atoms with Crippen LogP contribution in [0.15, 0.2) is 54.6 Å². The van der Waals surface area contributed by atoms with Crippen LogP contribution in [0.2, 0.25) is 0 Å². The Morgan fingerprint density at radius 2 is 1.39 bits per heavy atom. The van der Waals surface area contributed by atoms with Crippen LogP contribution >= 0.6 is 0 Å². The molecule has 2 heteroatoms. The standard InChI is InChI=1S/C16H20N.BrH/c1-14-9-11-16(12-10-14)17(2,3)13-15-7-5-4-6-8-15;/h4-12H,13H2,1-3H3;1H/q+1;/p-1. The molecule has 96 valence electrons. The second-order valence-corrected chi connectivity index (χ2v) is 5.16. The molecule has 0 aliphatic rings. The number of benzene rings is 2. The highest BCUT2D eigenvalue weighted by molar-refractivity contribution is 5.43. The molecule has 0 saturated carbocycles. The smallest absolute Gasteiger partial charge is 0.132 e. The number of rotatable bonds is 3. The Labute approximate surface area is 120 Å². The van der Waals surface area contributed by atoms with Crippen molar-refractivity contribution in [1.82, 2.24) is 4.48 Å². The quantitative estimate of drug-likeness (QED) is 0.735. The molecule has 0 N–H and O–H groups in total. The molecular weight excluding hydrogens is 286 g/mol. The highest BCUT2D eigenvalue weighted by atomic mass is 79.9. The first-order valence-corrected chi connectivity index (χ1v) is 6.02. The van der Waals surface area contributed by atoms with Crippen molar-refractivity contribution in [2.45, 2.75) is 13.5 Å². The Bertz CT molecular complexity index is 474. The number of hydrogen-bond acceptors (Lipinski definition) is 0. The molecule has 0 fully saturated rings. The van der Waals surface area contributed by atoms with E-state index in [1.54, 1.807) is 0 Å². The minimum absolute atomic E-state index is 0. The number of hydrogen-bond donors (Lipinski definition) is 0. The molecule has 0 amide bonds. The molecule has 2 aromatic rings. The van der Waals surface area contributed by atoms with Crippen molar-refractivity contribution in [3.05, 3.63) is 65.7 Å². The lowest BCUT2D eigenvalue weighted by Gasteiger charge is -2.29. The second kappa shape index (κ2) is 6.17. The number of quaternary nitrogens is 1. The zero-order valence-electron chi connectivity index (χ0n) is 11.2. The summed E-state index contributed by atoms with van der Waals surface area (Å²) in [6.45, 7) is 3.14. The molecule has 0 unspecified atom stereocenters. The fraction of sp³-hybridized carbons (Fsp3) is 0.250. The summed E-state index contributed by atoms with van der Waals surface area (Å²) < 4.78 is 0.879. The Kier molecular flexibility index (Phi) is 5.12. The molecule has 2 rings (SSSR count). The van der Waals surface area contributed by atoms with Gasteiger partial charge in [0.15, 0.2) is 0 Å². The van der Waals surface area contributed by atoms with Gasteiger partial charge in [0.2, 0.25) is 0 Å². The van der Waals surface area contributed by atoms with E-state index in [0.29, 0.717) is 0 Å². The molecule has 0 spiro atoms. The number of nitrogens with zero attached hydrogens (tertiary/aromatic N) is 1. The maximum atomic E-state index is 2.25. The van der Waals surface area contributed by atoms with Gasteiger partial charge in [0.05, 0.1) is 14.1 Å². The van der Waals surface area contributed by atoms with Gasteiger partial charge in [0, 0.05) is 5.56 Å². The van der Waals surface area contributed by atoms with Crippen molar-refractivity contribution in [1.29, 1.82) is 0 Å². The van der Waals surface area contributed by atoms with Crippen molar-refractivity contribution in [2.75, 3.05) is 14.1 Å². The van der Waals surface area contributed by atoms with Crippen LogP contribution in [0.4, 0.5) is 5.69 Å². The number of halogens is 1. The van der Waals surface area contributed by atoms with Crippen LogP contribution in [0, 0.1) is 6.92 Å². The molecule has 2 aromatic carbocycles. The fourth-order valence-electron chi connectivity index (χ4n) is 2.08. The Morgan fingerprint density at radius 1 is 0.833 bits per heavy atom. The van der Waals surface area contributed by atoms with Crippen molar-refractivity contribution in [3.63, 3.8) is 0 Å². The first-order chi connectivity index (χ1) is 8.08. The second-order valence-electron chi connectivity index (χ2n) is 5.16. The van der Waals surface area contributed by atoms with E-state index in [9.17, 15) is 0 Å². The Morgan fingerprint density at radius 3 is 1.94 bits per heavy atom. The van der Waals surface area contributed by atoms with Gasteiger partial charge in [-0.25, -0.2) is 0 Å². The van der Waals surface area contributed by atoms with E-state index >= 15 is 0 Å². The normalized spacial score (nSPS) is 10.8. The maximum absolute atomic E-state index is 2.25. The van der Waals surface area contributed by atoms with Gasteiger partial charge in [0.25, 0.3) is 0 Å². The van der Waals surface area contributed by atoms with E-state index in [1.165, 1.54) is 16.8 Å². The van der Waals surface area contributed by atoms with E-state index in [4.69, 9.17) is 0 Å². The summed E-state index contributed by atoms with van der Waals surface area (Å²) >= 11 is 0. The van der Waals surface area contributed by atoms with Gasteiger partial charge in [-0.15, -0.1) is 0 Å². The summed E-state index contributed by atoms with van der Waals surface area (Å²) in [5, 5.41) is 0. The first kappa shape index (κ1) is 14.9. The predicted octanol–water partition coefficient (Wildman–Crippen LogP) is 0.766. The van der Waals surface area contributed by atoms with E-state index in [2.05, 4.69) is 75.6 Å². The third-order valence-electron chi connectivity index (χ3n) is 3.15. The van der Waals surface area contributed by atoms with Crippen molar-refractivity contribution in [2.24, 2.45) is 0 Å². The lowest BCUT2D eigenvalue weighted by atomic mass is 10.1. The Hall–Kier alpha value is -1.12. The average molecular weight is 306 g/mol. The van der Waals surface area contributed by atoms with Crippen LogP contribution in [-0.2, 0) is 6.54 Å². The van der Waals surface area contributed by atoms with E-state index in [1.807, 2.05) is 0 Å². The largest absolute Gasteiger partial charge is 1.00 e. The molecule has 0 aliphatic carbocycles. The molecular formula is C16H20BrN. The SMILES string of the molecule is Cc1ccc([N+](C)(C)Cc2ccccc2)cc1.[Br-]. The van der Waals surface area contributed by atoms with Gasteiger partial charge in [0.1, 0.15) is 12.2 Å². The molecule has 0 aromatic heterocycles. The third kappa shape index (κ3) is 3.69. The maximum Gasteiger partial charge on any atom is 0.132 e. The van der Waals surface area contributed by atoms with Crippen molar-refractivity contribution in [3.8, 4) is 0 Å².